The van der Waals surface area contributed by atoms with E-state index in [1.54, 1.807) is 4.90 Å². The molecule has 94 valence electrons. The Morgan fingerprint density at radius 3 is 2.82 bits per heavy atom. The van der Waals surface area contributed by atoms with Crippen molar-refractivity contribution in [3.05, 3.63) is 21.3 Å². The molecule has 2 rings (SSSR count). The maximum atomic E-state index is 12.1. The summed E-state index contributed by atoms with van der Waals surface area (Å²) in [6.45, 7) is 3.21. The number of rotatable bonds is 2. The second-order valence-electron chi connectivity index (χ2n) is 3.94. The van der Waals surface area contributed by atoms with Gasteiger partial charge in [-0.25, -0.2) is 4.79 Å². The lowest BCUT2D eigenvalue weighted by Crippen LogP contribution is -2.46. The largest absolute Gasteiger partial charge is 0.378 e. The first-order valence-electron chi connectivity index (χ1n) is 5.49. The number of hydrogen-bond acceptors (Lipinski definition) is 3. The zero-order valence-electron chi connectivity index (χ0n) is 9.69. The summed E-state index contributed by atoms with van der Waals surface area (Å²) < 4.78 is 5.98. The number of nitrogens with zero attached hydrogens (tertiary/aromatic N) is 2. The number of carbonyl (C=O) groups is 1. The molecule has 0 spiro atoms. The number of thiophene rings is 1. The Balaban J connectivity index is 1.90. The lowest BCUT2D eigenvalue weighted by molar-refractivity contribution is 0.0448. The maximum Gasteiger partial charge on any atom is 0.320 e. The predicted molar refractivity (Wildman–Crippen MR) is 68.6 cm³/mol. The molecule has 1 fully saturated rings. The summed E-state index contributed by atoms with van der Waals surface area (Å²) in [6, 6.07) is 3.86. The first-order valence-corrected chi connectivity index (χ1v) is 6.68. The summed E-state index contributed by atoms with van der Waals surface area (Å²) in [5.74, 6) is 0. The highest BCUT2D eigenvalue weighted by Crippen LogP contribution is 2.22. The van der Waals surface area contributed by atoms with Gasteiger partial charge >= 0.3 is 6.03 Å². The summed E-state index contributed by atoms with van der Waals surface area (Å²) in [7, 11) is 1.81. The highest BCUT2D eigenvalue weighted by atomic mass is 35.5. The van der Waals surface area contributed by atoms with Crippen molar-refractivity contribution in [1.29, 1.82) is 0 Å². The molecule has 0 unspecified atom stereocenters. The Morgan fingerprint density at radius 2 is 2.24 bits per heavy atom. The Morgan fingerprint density at radius 1 is 1.53 bits per heavy atom. The van der Waals surface area contributed by atoms with Crippen molar-refractivity contribution in [1.82, 2.24) is 9.80 Å². The van der Waals surface area contributed by atoms with Crippen molar-refractivity contribution in [2.24, 2.45) is 0 Å². The third-order valence-electron chi connectivity index (χ3n) is 2.63. The molecule has 4 nitrogen and oxygen atoms in total. The monoisotopic (exact) mass is 274 g/mol. The fraction of sp³-hybridized carbons (Fsp3) is 0.545. The van der Waals surface area contributed by atoms with E-state index in [0.717, 1.165) is 9.21 Å². The van der Waals surface area contributed by atoms with E-state index in [1.165, 1.54) is 11.3 Å². The summed E-state index contributed by atoms with van der Waals surface area (Å²) in [6.07, 6.45) is 0. The minimum absolute atomic E-state index is 0.0535. The van der Waals surface area contributed by atoms with Crippen LogP contribution in [0.2, 0.25) is 4.34 Å². The molecule has 0 aliphatic carbocycles. The second-order valence-corrected chi connectivity index (χ2v) is 5.74. The molecular formula is C11H15ClN2O2S. The predicted octanol–water partition coefficient (Wildman–Crippen LogP) is 2.29. The van der Waals surface area contributed by atoms with E-state index < -0.39 is 0 Å². The van der Waals surface area contributed by atoms with E-state index in [4.69, 9.17) is 16.3 Å². The van der Waals surface area contributed by atoms with Gasteiger partial charge in [0.2, 0.25) is 0 Å². The van der Waals surface area contributed by atoms with Gasteiger partial charge in [-0.05, 0) is 12.1 Å². The maximum absolute atomic E-state index is 12.1. The van der Waals surface area contributed by atoms with Gasteiger partial charge in [-0.15, -0.1) is 11.3 Å². The quantitative estimate of drug-likeness (QED) is 0.829. The van der Waals surface area contributed by atoms with Gasteiger partial charge in [0.1, 0.15) is 0 Å². The molecule has 1 aliphatic rings. The van der Waals surface area contributed by atoms with Crippen molar-refractivity contribution in [2.45, 2.75) is 6.54 Å². The molecule has 1 saturated heterocycles. The van der Waals surface area contributed by atoms with E-state index in [0.29, 0.717) is 32.8 Å². The van der Waals surface area contributed by atoms with Gasteiger partial charge in [0.25, 0.3) is 0 Å². The molecule has 2 amide bonds. The molecule has 0 atom stereocenters. The molecule has 1 aromatic rings. The van der Waals surface area contributed by atoms with Crippen LogP contribution in [0.4, 0.5) is 4.79 Å². The molecule has 1 aromatic heterocycles. The third kappa shape index (κ3) is 3.34. The van der Waals surface area contributed by atoms with E-state index in [1.807, 2.05) is 24.1 Å². The van der Waals surface area contributed by atoms with Gasteiger partial charge in [0.15, 0.2) is 0 Å². The highest BCUT2D eigenvalue weighted by molar-refractivity contribution is 7.16. The van der Waals surface area contributed by atoms with Crippen LogP contribution in [0.5, 0.6) is 0 Å². The molecule has 0 bridgehead atoms. The first-order chi connectivity index (χ1) is 8.16. The third-order valence-corrected chi connectivity index (χ3v) is 3.85. The molecule has 6 heteroatoms. The lowest BCUT2D eigenvalue weighted by atomic mass is 10.4. The molecule has 1 aliphatic heterocycles. The summed E-state index contributed by atoms with van der Waals surface area (Å²) >= 11 is 7.37. The Hall–Kier alpha value is -0.780. The average Bonchev–Trinajstić information content (AvgIpc) is 2.75. The van der Waals surface area contributed by atoms with Gasteiger partial charge in [0, 0.05) is 25.0 Å². The molecule has 17 heavy (non-hydrogen) atoms. The second kappa shape index (κ2) is 5.71. The van der Waals surface area contributed by atoms with E-state index >= 15 is 0 Å². The van der Waals surface area contributed by atoms with E-state index in [2.05, 4.69) is 0 Å². The van der Waals surface area contributed by atoms with Crippen molar-refractivity contribution in [2.75, 3.05) is 33.4 Å². The minimum Gasteiger partial charge on any atom is -0.378 e. The Kier molecular flexibility index (Phi) is 4.25. The molecule has 0 N–H and O–H groups in total. The van der Waals surface area contributed by atoms with Crippen LogP contribution >= 0.6 is 22.9 Å². The topological polar surface area (TPSA) is 32.8 Å². The summed E-state index contributed by atoms with van der Waals surface area (Å²) in [4.78, 5) is 16.7. The molecule has 0 saturated carbocycles. The van der Waals surface area contributed by atoms with Crippen molar-refractivity contribution in [3.8, 4) is 0 Å². The van der Waals surface area contributed by atoms with Crippen LogP contribution in [-0.4, -0.2) is 49.2 Å². The van der Waals surface area contributed by atoms with E-state index in [9.17, 15) is 4.79 Å². The number of halogens is 1. The Labute approximate surface area is 110 Å². The highest BCUT2D eigenvalue weighted by Gasteiger charge is 2.20. The smallest absolute Gasteiger partial charge is 0.320 e. The van der Waals surface area contributed by atoms with Crippen molar-refractivity contribution in [3.63, 3.8) is 0 Å². The van der Waals surface area contributed by atoms with E-state index in [-0.39, 0.29) is 6.03 Å². The van der Waals surface area contributed by atoms with Crippen LogP contribution in [0.25, 0.3) is 0 Å². The van der Waals surface area contributed by atoms with Gasteiger partial charge in [-0.2, -0.15) is 0 Å². The van der Waals surface area contributed by atoms with Gasteiger partial charge < -0.3 is 14.5 Å². The summed E-state index contributed by atoms with van der Waals surface area (Å²) in [5.41, 5.74) is 0. The molecule has 2 heterocycles. The SMILES string of the molecule is CN(Cc1ccc(Cl)s1)C(=O)N1CCOCC1. The Bertz CT molecular complexity index is 391. The van der Waals surface area contributed by atoms with Crippen LogP contribution in [-0.2, 0) is 11.3 Å². The fourth-order valence-corrected chi connectivity index (χ4v) is 2.88. The van der Waals surface area contributed by atoms with Gasteiger partial charge in [-0.1, -0.05) is 11.6 Å². The number of urea groups is 1. The van der Waals surface area contributed by atoms with Crippen LogP contribution < -0.4 is 0 Å². The lowest BCUT2D eigenvalue weighted by Gasteiger charge is -2.30. The standard InChI is InChI=1S/C11H15ClN2O2S/c1-13(8-9-2-3-10(12)17-9)11(15)14-4-6-16-7-5-14/h2-3H,4-8H2,1H3. The average molecular weight is 275 g/mol. The number of amides is 2. The number of morpholine rings is 1. The van der Waals surface area contributed by atoms with Gasteiger partial charge in [0.05, 0.1) is 24.1 Å². The van der Waals surface area contributed by atoms with Crippen LogP contribution in [0.15, 0.2) is 12.1 Å². The number of hydrogen-bond donors (Lipinski definition) is 0. The number of carbonyl (C=O) groups excluding carboxylic acids is 1. The number of ether oxygens (including phenoxy) is 1. The van der Waals surface area contributed by atoms with Crippen LogP contribution in [0, 0.1) is 0 Å². The van der Waals surface area contributed by atoms with Crippen LogP contribution in [0.3, 0.4) is 0 Å². The minimum atomic E-state index is 0.0535. The zero-order chi connectivity index (χ0) is 12.3. The van der Waals surface area contributed by atoms with Gasteiger partial charge in [-0.3, -0.25) is 0 Å². The molecular weight excluding hydrogens is 260 g/mol. The summed E-state index contributed by atoms with van der Waals surface area (Å²) in [5, 5.41) is 0. The molecule has 0 aromatic carbocycles. The fourth-order valence-electron chi connectivity index (χ4n) is 1.73. The first kappa shape index (κ1) is 12.7. The van der Waals surface area contributed by atoms with Crippen molar-refractivity contribution >= 4 is 29.0 Å². The van der Waals surface area contributed by atoms with Crippen LogP contribution in [0.1, 0.15) is 4.88 Å². The normalized spacial score (nSPS) is 16.0. The molecule has 0 radical (unpaired) electrons. The van der Waals surface area contributed by atoms with Crippen molar-refractivity contribution < 1.29 is 9.53 Å². The zero-order valence-corrected chi connectivity index (χ0v) is 11.3.